The molecule has 22 N–H and O–H groups in total. The van der Waals surface area contributed by atoms with Gasteiger partial charge in [-0.25, -0.2) is 0 Å². The first-order valence-electron chi connectivity index (χ1n) is 32.2. The van der Waals surface area contributed by atoms with E-state index in [1.54, 1.807) is 60.7 Å². The van der Waals surface area contributed by atoms with Gasteiger partial charge in [-0.05, 0) is 119 Å². The molecule has 2 saturated heterocycles. The average molecular weight is 1350 g/mol. The lowest BCUT2D eigenvalue weighted by molar-refractivity contribution is -0.144. The Morgan fingerprint density at radius 1 is 0.537 bits per heavy atom. The Morgan fingerprint density at radius 3 is 1.51 bits per heavy atom. The van der Waals surface area contributed by atoms with Crippen LogP contribution in [-0.4, -0.2) is 198 Å². The molecule has 95 heavy (non-hydrogen) atoms. The van der Waals surface area contributed by atoms with Gasteiger partial charge in [-0.2, -0.15) is 11.8 Å². The number of hydrogen-bond acceptors (Lipinski definition) is 17. The second-order valence-corrected chi connectivity index (χ2v) is 25.1. The molecule has 2 aromatic rings. The number of hydrogen-bond donors (Lipinski definition) is 15. The van der Waals surface area contributed by atoms with Gasteiger partial charge in [0, 0.05) is 45.3 Å². The summed E-state index contributed by atoms with van der Waals surface area (Å²) in [7, 11) is 0. The Bertz CT molecular complexity index is 2960. The maximum atomic E-state index is 14.7. The number of thioether (sulfide) groups is 1. The third kappa shape index (κ3) is 27.5. The number of aliphatic imine (C=N–C) groups is 1. The van der Waals surface area contributed by atoms with Crippen LogP contribution in [0.5, 0.6) is 0 Å². The first kappa shape index (κ1) is 78.5. The highest BCUT2D eigenvalue weighted by Crippen LogP contribution is 2.24. The molecule has 13 amide bonds. The van der Waals surface area contributed by atoms with Crippen molar-refractivity contribution in [3.63, 3.8) is 0 Å². The van der Waals surface area contributed by atoms with Crippen molar-refractivity contribution in [2.45, 2.75) is 183 Å². The second kappa shape index (κ2) is 41.0. The van der Waals surface area contributed by atoms with Gasteiger partial charge in [0.25, 0.3) is 0 Å². The van der Waals surface area contributed by atoms with Crippen molar-refractivity contribution in [3.05, 3.63) is 71.8 Å². The van der Waals surface area contributed by atoms with E-state index in [0.29, 0.717) is 55.4 Å². The van der Waals surface area contributed by atoms with Crippen molar-refractivity contribution < 1.29 is 62.3 Å². The van der Waals surface area contributed by atoms with Crippen molar-refractivity contribution in [1.29, 1.82) is 0 Å². The summed E-state index contributed by atoms with van der Waals surface area (Å²) < 4.78 is 0. The van der Waals surface area contributed by atoms with E-state index < -0.39 is 169 Å². The van der Waals surface area contributed by atoms with Gasteiger partial charge >= 0.3 is 0 Å². The van der Waals surface area contributed by atoms with Crippen LogP contribution in [-0.2, 0) is 75.2 Å². The van der Waals surface area contributed by atoms with E-state index in [9.17, 15) is 62.3 Å². The number of guanidine groups is 1. The molecule has 10 atom stereocenters. The molecular formula is C63H98N18O13S. The highest BCUT2D eigenvalue weighted by atomic mass is 32.2. The standard InChI is InChI=1S/C63H98N18O13S/c1-37(2)33-45(57(89)74-41(53(68)85)27-32-95-3)73-52(84)36-72-54(86)46(34-38-15-6-4-7-16-38)78-58(90)47(35-39-17-8-5-9-18-39)79-56(88)42(23-25-50(66)82)75-55(87)43(24-26-51(67)83)76-59(91)49-22-14-31-81(49)62(94)44(20-10-11-28-64)77-60(92)48-21-13-30-80(48)61(93)40(65)19-12-29-71-63(69)70/h4-9,15-18,37,40-49H,10-14,19-36,64-65H2,1-3H3,(H2,66,82)(H2,67,83)(H2,68,85)(H,72,86)(H,73,84)(H,74,89)(H,75,87)(H,76,91)(H,77,92)(H,78,90)(H,79,88)(H4,69,70,71)/t40-,41+,42+,43-,44-,45+,46+,47-,48-,49-/m1/s1. The molecule has 2 fully saturated rings. The zero-order chi connectivity index (χ0) is 70.1. The normalized spacial score (nSPS) is 16.8. The average Bonchev–Trinajstić information content (AvgIpc) is 1.74. The van der Waals surface area contributed by atoms with Crippen molar-refractivity contribution in [2.75, 3.05) is 44.7 Å². The summed E-state index contributed by atoms with van der Waals surface area (Å²) in [6.45, 7) is 3.86. The number of nitrogens with two attached hydrogens (primary N) is 7. The summed E-state index contributed by atoms with van der Waals surface area (Å²) >= 11 is 1.45. The number of likely N-dealkylation sites (tertiary alicyclic amines) is 2. The molecule has 4 rings (SSSR count). The van der Waals surface area contributed by atoms with Gasteiger partial charge in [0.2, 0.25) is 76.8 Å². The number of nitrogens with one attached hydrogen (secondary N) is 8. The third-order valence-electron chi connectivity index (χ3n) is 16.0. The molecule has 2 aliphatic heterocycles. The first-order chi connectivity index (χ1) is 45.2. The van der Waals surface area contributed by atoms with E-state index in [1.165, 1.54) is 21.6 Å². The SMILES string of the molecule is CSCC[C@H](NC(=O)[C@H](CC(C)C)NC(=O)CNC(=O)[C@H](Cc1ccccc1)NC(=O)[C@@H](Cc1ccccc1)NC(=O)[C@H](CCC(N)=O)NC(=O)[C@@H](CCC(N)=O)NC(=O)[C@H]1CCCN1C(=O)[C@@H](CCCCN)NC(=O)[C@H]1CCCN1C(=O)[C@H](N)CCCN=C(N)N)C(N)=O. The predicted molar refractivity (Wildman–Crippen MR) is 356 cm³/mol. The Balaban J connectivity index is 1.56. The van der Waals surface area contributed by atoms with Crippen LogP contribution >= 0.6 is 11.8 Å². The zero-order valence-electron chi connectivity index (χ0n) is 54.5. The fourth-order valence-corrected chi connectivity index (χ4v) is 11.5. The van der Waals surface area contributed by atoms with E-state index in [1.807, 2.05) is 20.1 Å². The molecule has 0 radical (unpaired) electrons. The number of carbonyl (C=O) groups excluding carboxylic acids is 13. The number of unbranched alkanes of at least 4 members (excludes halogenated alkanes) is 1. The summed E-state index contributed by atoms with van der Waals surface area (Å²) in [6.07, 6.45) is 3.12. The van der Waals surface area contributed by atoms with Crippen LogP contribution < -0.4 is 82.7 Å². The third-order valence-corrected chi connectivity index (χ3v) is 16.7. The molecule has 2 aliphatic rings. The molecule has 0 saturated carbocycles. The Kier molecular flexibility index (Phi) is 33.9. The minimum Gasteiger partial charge on any atom is -0.370 e. The highest BCUT2D eigenvalue weighted by molar-refractivity contribution is 7.98. The van der Waals surface area contributed by atoms with Crippen LogP contribution in [0.1, 0.15) is 121 Å². The lowest BCUT2D eigenvalue weighted by atomic mass is 10.0. The van der Waals surface area contributed by atoms with E-state index in [0.717, 1.165) is 0 Å². The molecule has 0 bridgehead atoms. The van der Waals surface area contributed by atoms with Crippen LogP contribution in [0.4, 0.5) is 0 Å². The topological polar surface area (TPSA) is 519 Å². The van der Waals surface area contributed by atoms with Crippen molar-refractivity contribution in [2.24, 2.45) is 51.0 Å². The quantitative estimate of drug-likeness (QED) is 0.0173. The summed E-state index contributed by atoms with van der Waals surface area (Å²) in [4.78, 5) is 185. The lowest BCUT2D eigenvalue weighted by Crippen LogP contribution is -2.60. The van der Waals surface area contributed by atoms with Crippen LogP contribution in [0.15, 0.2) is 65.7 Å². The minimum absolute atomic E-state index is 0.0736. The fraction of sp³-hybridized carbons (Fsp3) is 0.587. The highest BCUT2D eigenvalue weighted by Gasteiger charge is 2.42. The van der Waals surface area contributed by atoms with Crippen LogP contribution in [0.25, 0.3) is 0 Å². The van der Waals surface area contributed by atoms with E-state index >= 15 is 0 Å². The second-order valence-electron chi connectivity index (χ2n) is 24.1. The van der Waals surface area contributed by atoms with Gasteiger partial charge in [0.05, 0.1) is 12.6 Å². The van der Waals surface area contributed by atoms with E-state index in [2.05, 4.69) is 47.5 Å². The van der Waals surface area contributed by atoms with Gasteiger partial charge in [-0.15, -0.1) is 0 Å². The van der Waals surface area contributed by atoms with Crippen molar-refractivity contribution >= 4 is 94.5 Å². The van der Waals surface area contributed by atoms with Gasteiger partial charge in [0.1, 0.15) is 54.4 Å². The Hall–Kier alpha value is -8.91. The van der Waals surface area contributed by atoms with E-state index in [-0.39, 0.29) is 83.0 Å². The maximum absolute atomic E-state index is 14.7. The monoisotopic (exact) mass is 1350 g/mol. The van der Waals surface area contributed by atoms with Crippen LogP contribution in [0.2, 0.25) is 0 Å². The number of rotatable bonds is 42. The van der Waals surface area contributed by atoms with Crippen LogP contribution in [0.3, 0.4) is 0 Å². The van der Waals surface area contributed by atoms with Gasteiger partial charge in [0.15, 0.2) is 5.96 Å². The van der Waals surface area contributed by atoms with E-state index in [4.69, 9.17) is 40.1 Å². The number of nitrogens with zero attached hydrogens (tertiary/aromatic N) is 3. The van der Waals surface area contributed by atoms with Gasteiger partial charge < -0.3 is 92.5 Å². The summed E-state index contributed by atoms with van der Waals surface area (Å²) in [5, 5.41) is 21.1. The molecular weight excluding hydrogens is 1250 g/mol. The molecule has 2 aromatic carbocycles. The number of primary amides is 3. The Labute approximate surface area is 558 Å². The molecule has 0 unspecified atom stereocenters. The summed E-state index contributed by atoms with van der Waals surface area (Å²) in [6, 6.07) is 4.51. The summed E-state index contributed by atoms with van der Waals surface area (Å²) in [5.74, 6) is -9.80. The molecule has 524 valence electrons. The number of amides is 13. The smallest absolute Gasteiger partial charge is 0.245 e. The largest absolute Gasteiger partial charge is 0.370 e. The Morgan fingerprint density at radius 2 is 1.01 bits per heavy atom. The molecule has 2 heterocycles. The maximum Gasteiger partial charge on any atom is 0.245 e. The zero-order valence-corrected chi connectivity index (χ0v) is 55.3. The molecule has 0 aromatic heterocycles. The first-order valence-corrected chi connectivity index (χ1v) is 33.6. The summed E-state index contributed by atoms with van der Waals surface area (Å²) in [5.41, 5.74) is 40.6. The fourth-order valence-electron chi connectivity index (χ4n) is 11.0. The molecule has 31 nitrogen and oxygen atoms in total. The lowest BCUT2D eigenvalue weighted by Gasteiger charge is -2.32. The molecule has 0 spiro atoms. The molecule has 0 aliphatic carbocycles. The van der Waals surface area contributed by atoms with Gasteiger partial charge in [-0.1, -0.05) is 74.5 Å². The van der Waals surface area contributed by atoms with Crippen molar-refractivity contribution in [3.8, 4) is 0 Å². The number of carbonyl (C=O) groups is 13. The van der Waals surface area contributed by atoms with Crippen LogP contribution in [0, 0.1) is 5.92 Å². The predicted octanol–water partition coefficient (Wildman–Crippen LogP) is -3.71. The molecule has 32 heteroatoms. The van der Waals surface area contributed by atoms with Gasteiger partial charge in [-0.3, -0.25) is 67.3 Å². The van der Waals surface area contributed by atoms with Crippen molar-refractivity contribution in [1.82, 2.24) is 52.3 Å². The minimum atomic E-state index is -1.64. The number of benzene rings is 2.